The Morgan fingerprint density at radius 2 is 1.81 bits per heavy atom. The molecule has 2 aliphatic rings. The molecule has 144 valence electrons. The summed E-state index contributed by atoms with van der Waals surface area (Å²) in [5.74, 6) is 0.454. The second-order valence-corrected chi connectivity index (χ2v) is 7.13. The molecule has 0 bridgehead atoms. The molecule has 1 atom stereocenters. The van der Waals surface area contributed by atoms with Crippen LogP contribution in [-0.4, -0.2) is 61.6 Å². The van der Waals surface area contributed by atoms with Gasteiger partial charge in [-0.05, 0) is 36.5 Å². The number of amides is 1. The number of carbonyl (C=O) groups excluding carboxylic acids is 1. The van der Waals surface area contributed by atoms with Gasteiger partial charge in [-0.25, -0.2) is 0 Å². The topological polar surface area (TPSA) is 32.8 Å². The first kappa shape index (κ1) is 19.2. The van der Waals surface area contributed by atoms with Crippen molar-refractivity contribution in [2.24, 2.45) is 5.92 Å². The summed E-state index contributed by atoms with van der Waals surface area (Å²) in [6.45, 7) is 5.86. The Bertz CT molecular complexity index is 598. The summed E-state index contributed by atoms with van der Waals surface area (Å²) < 4.78 is 43.2. The molecule has 2 aliphatic heterocycles. The van der Waals surface area contributed by atoms with E-state index in [1.807, 2.05) is 4.90 Å². The smallest absolute Gasteiger partial charge is 0.379 e. The number of hydrogen-bond donors (Lipinski definition) is 0. The lowest BCUT2D eigenvalue weighted by Crippen LogP contribution is -2.46. The minimum atomic E-state index is -4.35. The van der Waals surface area contributed by atoms with Crippen molar-refractivity contribution in [3.63, 3.8) is 0 Å². The molecule has 0 saturated carbocycles. The van der Waals surface area contributed by atoms with Gasteiger partial charge in [-0.3, -0.25) is 9.69 Å². The molecule has 3 rings (SSSR count). The van der Waals surface area contributed by atoms with Crippen LogP contribution in [0.5, 0.6) is 0 Å². The van der Waals surface area contributed by atoms with Gasteiger partial charge in [-0.2, -0.15) is 13.2 Å². The Morgan fingerprint density at radius 3 is 2.46 bits per heavy atom. The van der Waals surface area contributed by atoms with Crippen LogP contribution in [0.15, 0.2) is 24.3 Å². The number of likely N-dealkylation sites (tertiary alicyclic amines) is 1. The molecule has 0 aliphatic carbocycles. The van der Waals surface area contributed by atoms with E-state index < -0.39 is 11.7 Å². The van der Waals surface area contributed by atoms with E-state index in [-0.39, 0.29) is 12.3 Å². The van der Waals surface area contributed by atoms with Crippen molar-refractivity contribution >= 4 is 5.91 Å². The van der Waals surface area contributed by atoms with E-state index in [1.54, 1.807) is 0 Å². The molecule has 0 radical (unpaired) electrons. The van der Waals surface area contributed by atoms with E-state index in [4.69, 9.17) is 4.74 Å². The predicted octanol–water partition coefficient (Wildman–Crippen LogP) is 2.82. The van der Waals surface area contributed by atoms with Crippen molar-refractivity contribution in [2.45, 2.75) is 25.4 Å². The summed E-state index contributed by atoms with van der Waals surface area (Å²) in [6.07, 6.45) is -2.10. The highest BCUT2D eigenvalue weighted by Crippen LogP contribution is 2.29. The van der Waals surface area contributed by atoms with Crippen molar-refractivity contribution in [1.29, 1.82) is 0 Å². The fourth-order valence-corrected chi connectivity index (χ4v) is 3.69. The monoisotopic (exact) mass is 370 g/mol. The number of ether oxygens (including phenoxy) is 1. The number of morpholine rings is 1. The van der Waals surface area contributed by atoms with Gasteiger partial charge >= 0.3 is 6.18 Å². The molecule has 0 aromatic heterocycles. The van der Waals surface area contributed by atoms with Gasteiger partial charge in [0.1, 0.15) is 0 Å². The fraction of sp³-hybridized carbons (Fsp3) is 0.632. The van der Waals surface area contributed by atoms with E-state index >= 15 is 0 Å². The number of benzene rings is 1. The van der Waals surface area contributed by atoms with Crippen molar-refractivity contribution in [2.75, 3.05) is 45.9 Å². The van der Waals surface area contributed by atoms with E-state index in [1.165, 1.54) is 12.1 Å². The molecule has 0 spiro atoms. The third-order valence-corrected chi connectivity index (χ3v) is 5.13. The Morgan fingerprint density at radius 1 is 1.12 bits per heavy atom. The molecule has 26 heavy (non-hydrogen) atoms. The summed E-state index contributed by atoms with van der Waals surface area (Å²) in [5.41, 5.74) is -0.0597. The summed E-state index contributed by atoms with van der Waals surface area (Å²) >= 11 is 0. The number of piperidine rings is 1. The predicted molar refractivity (Wildman–Crippen MR) is 91.7 cm³/mol. The van der Waals surface area contributed by atoms with Gasteiger partial charge in [0.15, 0.2) is 0 Å². The molecule has 2 heterocycles. The fourth-order valence-electron chi connectivity index (χ4n) is 3.69. The number of rotatable bonds is 4. The molecule has 2 fully saturated rings. The van der Waals surface area contributed by atoms with Gasteiger partial charge < -0.3 is 9.64 Å². The molecular weight excluding hydrogens is 345 g/mol. The highest BCUT2D eigenvalue weighted by atomic mass is 19.4. The maximum atomic E-state index is 12.6. The van der Waals surface area contributed by atoms with E-state index in [0.717, 1.165) is 70.9 Å². The van der Waals surface area contributed by atoms with Gasteiger partial charge in [-0.1, -0.05) is 12.1 Å². The van der Waals surface area contributed by atoms with Crippen molar-refractivity contribution in [1.82, 2.24) is 9.80 Å². The minimum absolute atomic E-state index is 0.00330. The van der Waals surface area contributed by atoms with Crippen LogP contribution >= 0.6 is 0 Å². The molecule has 0 N–H and O–H groups in total. The quantitative estimate of drug-likeness (QED) is 0.817. The second kappa shape index (κ2) is 8.39. The molecule has 2 saturated heterocycles. The standard InChI is InChI=1S/C19H25F3N2O2/c20-19(21,22)17-5-3-15(4-6-17)12-18(25)24-7-1-2-16(14-24)13-23-8-10-26-11-9-23/h3-6,16H,1-2,7-14H2. The molecule has 4 nitrogen and oxygen atoms in total. The van der Waals surface area contributed by atoms with Crippen molar-refractivity contribution in [3.05, 3.63) is 35.4 Å². The lowest BCUT2D eigenvalue weighted by atomic mass is 9.96. The first-order valence-corrected chi connectivity index (χ1v) is 9.16. The van der Waals surface area contributed by atoms with Crippen LogP contribution in [0.3, 0.4) is 0 Å². The third kappa shape index (κ3) is 5.20. The first-order chi connectivity index (χ1) is 12.4. The number of halogens is 3. The zero-order valence-corrected chi connectivity index (χ0v) is 14.8. The Kier molecular flexibility index (Phi) is 6.19. The van der Waals surface area contributed by atoms with E-state index in [9.17, 15) is 18.0 Å². The van der Waals surface area contributed by atoms with Crippen LogP contribution in [0, 0.1) is 5.92 Å². The van der Waals surface area contributed by atoms with Crippen LogP contribution in [0.1, 0.15) is 24.0 Å². The molecule has 1 amide bonds. The highest BCUT2D eigenvalue weighted by molar-refractivity contribution is 5.78. The maximum Gasteiger partial charge on any atom is 0.416 e. The number of nitrogens with zero attached hydrogens (tertiary/aromatic N) is 2. The lowest BCUT2D eigenvalue weighted by Gasteiger charge is -2.36. The average Bonchev–Trinajstić information content (AvgIpc) is 2.62. The van der Waals surface area contributed by atoms with Crippen LogP contribution in [0.4, 0.5) is 13.2 Å². The Balaban J connectivity index is 1.52. The van der Waals surface area contributed by atoms with Crippen LogP contribution in [-0.2, 0) is 22.1 Å². The molecular formula is C19H25F3N2O2. The third-order valence-electron chi connectivity index (χ3n) is 5.13. The van der Waals surface area contributed by atoms with E-state index in [2.05, 4.69) is 4.90 Å². The maximum absolute atomic E-state index is 12.6. The average molecular weight is 370 g/mol. The SMILES string of the molecule is O=C(Cc1ccc(C(F)(F)F)cc1)N1CCCC(CN2CCOCC2)C1. The van der Waals surface area contributed by atoms with Gasteiger partial charge in [0.25, 0.3) is 0 Å². The summed E-state index contributed by atoms with van der Waals surface area (Å²) in [7, 11) is 0. The van der Waals surface area contributed by atoms with Gasteiger partial charge in [-0.15, -0.1) is 0 Å². The Hall–Kier alpha value is -1.60. The Labute approximate surface area is 151 Å². The largest absolute Gasteiger partial charge is 0.416 e. The molecule has 7 heteroatoms. The van der Waals surface area contributed by atoms with Crippen LogP contribution in [0.25, 0.3) is 0 Å². The first-order valence-electron chi connectivity index (χ1n) is 9.16. The lowest BCUT2D eigenvalue weighted by molar-refractivity contribution is -0.137. The van der Waals surface area contributed by atoms with Crippen molar-refractivity contribution in [3.8, 4) is 0 Å². The minimum Gasteiger partial charge on any atom is -0.379 e. The number of hydrogen-bond acceptors (Lipinski definition) is 3. The van der Waals surface area contributed by atoms with Crippen molar-refractivity contribution < 1.29 is 22.7 Å². The second-order valence-electron chi connectivity index (χ2n) is 7.13. The highest BCUT2D eigenvalue weighted by Gasteiger charge is 2.30. The van der Waals surface area contributed by atoms with Crippen LogP contribution < -0.4 is 0 Å². The van der Waals surface area contributed by atoms with Gasteiger partial charge in [0.2, 0.25) is 5.91 Å². The summed E-state index contributed by atoms with van der Waals surface area (Å²) in [4.78, 5) is 16.8. The zero-order chi connectivity index (χ0) is 18.6. The number of carbonyl (C=O) groups is 1. The zero-order valence-electron chi connectivity index (χ0n) is 14.8. The molecule has 1 unspecified atom stereocenters. The normalized spacial score (nSPS) is 22.4. The van der Waals surface area contributed by atoms with Crippen LogP contribution in [0.2, 0.25) is 0 Å². The molecule has 1 aromatic rings. The van der Waals surface area contributed by atoms with Gasteiger partial charge in [0, 0.05) is 32.7 Å². The number of alkyl halides is 3. The van der Waals surface area contributed by atoms with E-state index in [0.29, 0.717) is 11.5 Å². The summed E-state index contributed by atoms with van der Waals surface area (Å²) in [5, 5.41) is 0. The molecule has 1 aromatic carbocycles. The van der Waals surface area contributed by atoms with Gasteiger partial charge in [0.05, 0.1) is 25.2 Å². The summed E-state index contributed by atoms with van der Waals surface area (Å²) in [6, 6.07) is 4.88.